The molecule has 2 heterocycles. The molecule has 0 amide bonds. The molecule has 0 aromatic carbocycles. The van der Waals surface area contributed by atoms with Crippen molar-refractivity contribution in [2.24, 2.45) is 0 Å². The van der Waals surface area contributed by atoms with Gasteiger partial charge in [0, 0.05) is 18.0 Å². The van der Waals surface area contributed by atoms with Crippen molar-refractivity contribution < 1.29 is 0 Å². The Bertz CT molecular complexity index is 283. The Hall–Kier alpha value is -0.540. The number of thioether (sulfide) groups is 1. The number of aromatic nitrogens is 1. The number of pyridine rings is 1. The summed E-state index contributed by atoms with van der Waals surface area (Å²) in [6, 6.07) is 4.84. The number of nitrogens with zero attached hydrogens (tertiary/aromatic N) is 1. The average Bonchev–Trinajstić information content (AvgIpc) is 2.53. The van der Waals surface area contributed by atoms with E-state index < -0.39 is 0 Å². The van der Waals surface area contributed by atoms with Gasteiger partial charge in [-0.05, 0) is 25.5 Å². The third kappa shape index (κ3) is 2.03. The van der Waals surface area contributed by atoms with Gasteiger partial charge >= 0.3 is 0 Å². The van der Waals surface area contributed by atoms with Crippen LogP contribution >= 0.6 is 11.8 Å². The molecule has 1 aromatic rings. The first-order chi connectivity index (χ1) is 6.25. The van der Waals surface area contributed by atoms with Gasteiger partial charge < -0.3 is 0 Å². The zero-order valence-electron chi connectivity index (χ0n) is 7.95. The first-order valence-electron chi connectivity index (χ1n) is 4.56. The summed E-state index contributed by atoms with van der Waals surface area (Å²) in [5.41, 5.74) is 2.37. The molecule has 0 saturated carbocycles. The third-order valence-corrected chi connectivity index (χ3v) is 3.56. The van der Waals surface area contributed by atoms with Gasteiger partial charge in [-0.15, -0.1) is 11.8 Å². The summed E-state index contributed by atoms with van der Waals surface area (Å²) in [4.78, 5) is 4.41. The van der Waals surface area contributed by atoms with E-state index in [9.17, 15) is 0 Å². The van der Waals surface area contributed by atoms with Crippen molar-refractivity contribution in [1.29, 1.82) is 0 Å². The highest BCUT2D eigenvalue weighted by Crippen LogP contribution is 2.31. The van der Waals surface area contributed by atoms with Crippen LogP contribution in [0.15, 0.2) is 18.3 Å². The van der Waals surface area contributed by atoms with Crippen LogP contribution in [0.1, 0.15) is 23.6 Å². The summed E-state index contributed by atoms with van der Waals surface area (Å²) in [5, 5.41) is 3.89. The van der Waals surface area contributed by atoms with E-state index in [-0.39, 0.29) is 0 Å². The molecule has 2 rings (SSSR count). The van der Waals surface area contributed by atoms with Gasteiger partial charge in [0.15, 0.2) is 0 Å². The molecule has 1 saturated heterocycles. The number of hydrogen-bond acceptors (Lipinski definition) is 3. The Labute approximate surface area is 83.1 Å². The minimum absolute atomic E-state index is 0.399. The molecule has 0 spiro atoms. The molecular formula is C10H14N2S. The quantitative estimate of drug-likeness (QED) is 0.741. The monoisotopic (exact) mass is 194 g/mol. The summed E-state index contributed by atoms with van der Waals surface area (Å²) >= 11 is 1.94. The minimum Gasteiger partial charge on any atom is -0.297 e. The molecule has 2 atom stereocenters. The van der Waals surface area contributed by atoms with E-state index in [1.54, 1.807) is 0 Å². The van der Waals surface area contributed by atoms with E-state index in [0.29, 0.717) is 11.4 Å². The van der Waals surface area contributed by atoms with Crippen molar-refractivity contribution in [1.82, 2.24) is 10.3 Å². The molecule has 1 aliphatic rings. The van der Waals surface area contributed by atoms with Gasteiger partial charge in [-0.2, -0.15) is 0 Å². The lowest BCUT2D eigenvalue weighted by atomic mass is 10.2. The molecule has 1 N–H and O–H groups in total. The molecule has 1 aliphatic heterocycles. The van der Waals surface area contributed by atoms with Crippen LogP contribution < -0.4 is 5.32 Å². The topological polar surface area (TPSA) is 24.9 Å². The molecule has 1 fully saturated rings. The number of aryl methyl sites for hydroxylation is 1. The highest BCUT2D eigenvalue weighted by molar-refractivity contribution is 7.99. The zero-order valence-corrected chi connectivity index (χ0v) is 8.77. The van der Waals surface area contributed by atoms with Crippen molar-refractivity contribution in [3.8, 4) is 0 Å². The molecule has 2 nitrogen and oxygen atoms in total. The fourth-order valence-corrected chi connectivity index (χ4v) is 2.62. The normalized spacial score (nSPS) is 27.8. The standard InChI is InChI=1S/C10H14N2S/c1-7-3-4-9(11-5-7)10-12-8(2)6-13-10/h3-5,8,10,12H,6H2,1-2H3. The van der Waals surface area contributed by atoms with Crippen molar-refractivity contribution in [3.63, 3.8) is 0 Å². The lowest BCUT2D eigenvalue weighted by Crippen LogP contribution is -2.22. The van der Waals surface area contributed by atoms with Gasteiger partial charge in [-0.1, -0.05) is 6.07 Å². The van der Waals surface area contributed by atoms with E-state index in [4.69, 9.17) is 0 Å². The van der Waals surface area contributed by atoms with Gasteiger partial charge in [0.1, 0.15) is 0 Å². The second-order valence-electron chi connectivity index (χ2n) is 3.54. The fourth-order valence-electron chi connectivity index (χ4n) is 1.40. The Balaban J connectivity index is 2.13. The number of rotatable bonds is 1. The van der Waals surface area contributed by atoms with E-state index in [1.165, 1.54) is 11.3 Å². The second kappa shape index (κ2) is 3.68. The first-order valence-corrected chi connectivity index (χ1v) is 5.61. The first kappa shape index (κ1) is 9.03. The Morgan fingerprint density at radius 2 is 2.38 bits per heavy atom. The molecule has 0 bridgehead atoms. The molecule has 0 aliphatic carbocycles. The van der Waals surface area contributed by atoms with Crippen LogP contribution in [0.4, 0.5) is 0 Å². The third-order valence-electron chi connectivity index (χ3n) is 2.15. The zero-order chi connectivity index (χ0) is 9.26. The molecule has 70 valence electrons. The van der Waals surface area contributed by atoms with E-state index in [1.807, 2.05) is 18.0 Å². The number of hydrogen-bond donors (Lipinski definition) is 1. The lowest BCUT2D eigenvalue weighted by molar-refractivity contribution is 0.610. The van der Waals surface area contributed by atoms with Gasteiger partial charge in [0.25, 0.3) is 0 Å². The van der Waals surface area contributed by atoms with E-state index in [0.717, 1.165) is 5.69 Å². The van der Waals surface area contributed by atoms with Crippen LogP contribution in [-0.2, 0) is 0 Å². The van der Waals surface area contributed by atoms with Crippen LogP contribution in [0.3, 0.4) is 0 Å². The predicted molar refractivity (Wildman–Crippen MR) is 56.8 cm³/mol. The predicted octanol–water partition coefficient (Wildman–Crippen LogP) is 2.11. The maximum atomic E-state index is 4.41. The van der Waals surface area contributed by atoms with Crippen LogP contribution in [-0.4, -0.2) is 16.8 Å². The molecule has 13 heavy (non-hydrogen) atoms. The van der Waals surface area contributed by atoms with Crippen LogP contribution in [0.25, 0.3) is 0 Å². The number of nitrogens with one attached hydrogen (secondary N) is 1. The van der Waals surface area contributed by atoms with E-state index >= 15 is 0 Å². The van der Waals surface area contributed by atoms with Crippen LogP contribution in [0.5, 0.6) is 0 Å². The summed E-state index contributed by atoms with van der Waals surface area (Å²) in [6.45, 7) is 4.27. The van der Waals surface area contributed by atoms with Crippen molar-refractivity contribution in [3.05, 3.63) is 29.6 Å². The van der Waals surface area contributed by atoms with Crippen LogP contribution in [0.2, 0.25) is 0 Å². The maximum absolute atomic E-state index is 4.41. The average molecular weight is 194 g/mol. The summed E-state index contributed by atoms with van der Waals surface area (Å²) < 4.78 is 0. The molecule has 2 unspecified atom stereocenters. The van der Waals surface area contributed by atoms with Crippen LogP contribution in [0, 0.1) is 6.92 Å². The molecule has 1 aromatic heterocycles. The van der Waals surface area contributed by atoms with Gasteiger partial charge in [-0.25, -0.2) is 0 Å². The Morgan fingerprint density at radius 1 is 1.54 bits per heavy atom. The van der Waals surface area contributed by atoms with Crippen molar-refractivity contribution in [2.75, 3.05) is 5.75 Å². The van der Waals surface area contributed by atoms with Crippen molar-refractivity contribution >= 4 is 11.8 Å². The van der Waals surface area contributed by atoms with Crippen molar-refractivity contribution in [2.45, 2.75) is 25.3 Å². The van der Waals surface area contributed by atoms with Gasteiger partial charge in [0.2, 0.25) is 0 Å². The highest BCUT2D eigenvalue weighted by atomic mass is 32.2. The Morgan fingerprint density at radius 3 is 2.92 bits per heavy atom. The van der Waals surface area contributed by atoms with Gasteiger partial charge in [-0.3, -0.25) is 10.3 Å². The minimum atomic E-state index is 0.399. The fraction of sp³-hybridized carbons (Fsp3) is 0.500. The molecular weight excluding hydrogens is 180 g/mol. The largest absolute Gasteiger partial charge is 0.297 e. The summed E-state index contributed by atoms with van der Waals surface area (Å²) in [5.74, 6) is 1.18. The molecule has 3 heteroatoms. The maximum Gasteiger partial charge on any atom is 0.0964 e. The SMILES string of the molecule is Cc1ccc(C2NC(C)CS2)nc1. The molecule has 0 radical (unpaired) electrons. The van der Waals surface area contributed by atoms with Gasteiger partial charge in [0.05, 0.1) is 11.1 Å². The Kier molecular flexibility index (Phi) is 2.56. The summed E-state index contributed by atoms with van der Waals surface area (Å²) in [6.07, 6.45) is 1.93. The smallest absolute Gasteiger partial charge is 0.0964 e. The highest BCUT2D eigenvalue weighted by Gasteiger charge is 2.22. The lowest BCUT2D eigenvalue weighted by Gasteiger charge is -2.09. The summed E-state index contributed by atoms with van der Waals surface area (Å²) in [7, 11) is 0. The second-order valence-corrected chi connectivity index (χ2v) is 4.68. The van der Waals surface area contributed by atoms with E-state index in [2.05, 4.69) is 36.3 Å².